The summed E-state index contributed by atoms with van der Waals surface area (Å²) in [7, 11) is 0. The van der Waals surface area contributed by atoms with Gasteiger partial charge in [-0.15, -0.1) is 5.10 Å². The van der Waals surface area contributed by atoms with E-state index in [1.165, 1.54) is 0 Å². The van der Waals surface area contributed by atoms with Gasteiger partial charge in [0.25, 0.3) is 5.91 Å². The number of rotatable bonds is 2. The maximum Gasteiger partial charge on any atom is 0.295 e. The van der Waals surface area contributed by atoms with Crippen LogP contribution in [0.15, 0.2) is 12.1 Å². The number of aromatic amines is 1. The van der Waals surface area contributed by atoms with Crippen molar-refractivity contribution in [2.75, 3.05) is 5.32 Å². The fraction of sp³-hybridized carbons (Fsp3) is 0.250. The zero-order chi connectivity index (χ0) is 13.3. The molecule has 0 aliphatic rings. The number of carbonyl (C=O) groups is 1. The number of benzene rings is 1. The molecular formula is C12H14N4O2. The van der Waals surface area contributed by atoms with E-state index in [-0.39, 0.29) is 11.6 Å². The maximum absolute atomic E-state index is 11.8. The van der Waals surface area contributed by atoms with E-state index in [1.807, 2.05) is 0 Å². The van der Waals surface area contributed by atoms with E-state index in [9.17, 15) is 9.90 Å². The average molecular weight is 246 g/mol. The van der Waals surface area contributed by atoms with E-state index in [0.29, 0.717) is 17.1 Å². The fourth-order valence-corrected chi connectivity index (χ4v) is 1.59. The number of amides is 1. The number of aromatic hydroxyl groups is 1. The van der Waals surface area contributed by atoms with E-state index in [4.69, 9.17) is 0 Å². The van der Waals surface area contributed by atoms with Crippen LogP contribution in [0.25, 0.3) is 0 Å². The normalized spacial score (nSPS) is 10.4. The molecule has 3 N–H and O–H groups in total. The van der Waals surface area contributed by atoms with E-state index in [0.717, 1.165) is 5.56 Å². The van der Waals surface area contributed by atoms with Crippen LogP contribution in [0.4, 0.5) is 5.69 Å². The monoisotopic (exact) mass is 246 g/mol. The van der Waals surface area contributed by atoms with Crippen molar-refractivity contribution in [3.05, 3.63) is 34.9 Å². The van der Waals surface area contributed by atoms with Gasteiger partial charge in [-0.2, -0.15) is 0 Å². The minimum Gasteiger partial charge on any atom is -0.507 e. The van der Waals surface area contributed by atoms with Crippen LogP contribution in [-0.4, -0.2) is 26.2 Å². The van der Waals surface area contributed by atoms with Crippen LogP contribution in [0.1, 0.15) is 27.6 Å². The van der Waals surface area contributed by atoms with Crippen LogP contribution in [0, 0.1) is 20.8 Å². The molecule has 2 rings (SSSR count). The Morgan fingerprint density at radius 1 is 1.33 bits per heavy atom. The molecule has 0 bridgehead atoms. The van der Waals surface area contributed by atoms with Crippen molar-refractivity contribution in [1.82, 2.24) is 15.2 Å². The Bertz CT molecular complexity index is 604. The predicted molar refractivity (Wildman–Crippen MR) is 66.7 cm³/mol. The number of anilines is 1. The molecule has 0 atom stereocenters. The number of aryl methyl sites for hydroxylation is 2. The number of carbonyl (C=O) groups excluding carboxylic acids is 1. The second-order valence-electron chi connectivity index (χ2n) is 4.10. The van der Waals surface area contributed by atoms with Gasteiger partial charge in [-0.3, -0.25) is 9.89 Å². The topological polar surface area (TPSA) is 90.9 Å². The van der Waals surface area contributed by atoms with Crippen LogP contribution in [0.3, 0.4) is 0 Å². The molecule has 1 aromatic heterocycles. The van der Waals surface area contributed by atoms with Crippen molar-refractivity contribution in [3.8, 4) is 5.75 Å². The maximum atomic E-state index is 11.8. The molecule has 1 heterocycles. The first-order valence-electron chi connectivity index (χ1n) is 5.48. The van der Waals surface area contributed by atoms with Crippen LogP contribution >= 0.6 is 0 Å². The van der Waals surface area contributed by atoms with Gasteiger partial charge in [0.05, 0.1) is 0 Å². The minimum absolute atomic E-state index is 0.0759. The van der Waals surface area contributed by atoms with Crippen molar-refractivity contribution in [2.45, 2.75) is 20.8 Å². The van der Waals surface area contributed by atoms with E-state index in [2.05, 4.69) is 20.5 Å². The number of hydrogen-bond acceptors (Lipinski definition) is 4. The van der Waals surface area contributed by atoms with E-state index >= 15 is 0 Å². The number of phenols is 1. The Morgan fingerprint density at radius 3 is 2.67 bits per heavy atom. The van der Waals surface area contributed by atoms with Gasteiger partial charge in [-0.25, -0.2) is 4.98 Å². The lowest BCUT2D eigenvalue weighted by molar-refractivity contribution is 0.101. The molecule has 6 nitrogen and oxygen atoms in total. The molecule has 6 heteroatoms. The van der Waals surface area contributed by atoms with Crippen molar-refractivity contribution in [2.24, 2.45) is 0 Å². The summed E-state index contributed by atoms with van der Waals surface area (Å²) in [4.78, 5) is 15.8. The zero-order valence-corrected chi connectivity index (χ0v) is 10.4. The first kappa shape index (κ1) is 12.1. The van der Waals surface area contributed by atoms with Gasteiger partial charge in [-0.05, 0) is 32.4 Å². The highest BCUT2D eigenvalue weighted by atomic mass is 16.3. The second-order valence-corrected chi connectivity index (χ2v) is 4.10. The fourth-order valence-electron chi connectivity index (χ4n) is 1.59. The minimum atomic E-state index is -0.411. The number of nitrogens with zero attached hydrogens (tertiary/aromatic N) is 2. The summed E-state index contributed by atoms with van der Waals surface area (Å²) in [6.45, 7) is 5.25. The van der Waals surface area contributed by atoms with E-state index in [1.54, 1.807) is 32.9 Å². The summed E-state index contributed by atoms with van der Waals surface area (Å²) in [6.07, 6.45) is 0. The summed E-state index contributed by atoms with van der Waals surface area (Å²) in [5, 5.41) is 18.8. The quantitative estimate of drug-likeness (QED) is 0.752. The second kappa shape index (κ2) is 4.48. The van der Waals surface area contributed by atoms with Crippen LogP contribution in [0.5, 0.6) is 5.75 Å². The Morgan fingerprint density at radius 2 is 2.06 bits per heavy atom. The third-order valence-corrected chi connectivity index (χ3v) is 2.68. The Balaban J connectivity index is 2.25. The first-order valence-corrected chi connectivity index (χ1v) is 5.48. The Labute approximate surface area is 104 Å². The molecule has 2 aromatic rings. The molecule has 0 fully saturated rings. The summed E-state index contributed by atoms with van der Waals surface area (Å²) in [5.74, 6) is 0.417. The van der Waals surface area contributed by atoms with Crippen LogP contribution in [0.2, 0.25) is 0 Å². The largest absolute Gasteiger partial charge is 0.507 e. The lowest BCUT2D eigenvalue weighted by Crippen LogP contribution is -2.14. The van der Waals surface area contributed by atoms with Crippen molar-refractivity contribution >= 4 is 11.6 Å². The number of H-pyrrole nitrogens is 1. The number of nitrogens with one attached hydrogen (secondary N) is 2. The van der Waals surface area contributed by atoms with E-state index < -0.39 is 5.91 Å². The van der Waals surface area contributed by atoms with Gasteiger partial charge in [-0.1, -0.05) is 6.07 Å². The highest BCUT2D eigenvalue weighted by Gasteiger charge is 2.14. The molecule has 0 radical (unpaired) electrons. The summed E-state index contributed by atoms with van der Waals surface area (Å²) < 4.78 is 0. The number of hydrogen-bond donors (Lipinski definition) is 3. The van der Waals surface area contributed by atoms with Gasteiger partial charge >= 0.3 is 0 Å². The Hall–Kier alpha value is -2.37. The average Bonchev–Trinajstić information content (AvgIpc) is 2.77. The SMILES string of the molecule is Cc1nc(C(=O)Nc2ccc(C)c(O)c2C)n[nH]1. The van der Waals surface area contributed by atoms with Gasteiger partial charge in [0.1, 0.15) is 11.6 Å². The molecule has 0 saturated heterocycles. The number of phenolic OH excluding ortho intramolecular Hbond substituents is 1. The van der Waals surface area contributed by atoms with Crippen LogP contribution < -0.4 is 5.32 Å². The number of aromatic nitrogens is 3. The highest BCUT2D eigenvalue weighted by molar-refractivity contribution is 6.02. The standard InChI is InChI=1S/C12H14N4O2/c1-6-4-5-9(7(2)10(6)17)14-12(18)11-13-8(3)15-16-11/h4-5,17H,1-3H3,(H,14,18)(H,13,15,16). The molecule has 0 unspecified atom stereocenters. The smallest absolute Gasteiger partial charge is 0.295 e. The van der Waals surface area contributed by atoms with Gasteiger partial charge in [0.15, 0.2) is 0 Å². The van der Waals surface area contributed by atoms with Gasteiger partial charge in [0, 0.05) is 11.3 Å². The summed E-state index contributed by atoms with van der Waals surface area (Å²) >= 11 is 0. The zero-order valence-electron chi connectivity index (χ0n) is 10.4. The van der Waals surface area contributed by atoms with Crippen molar-refractivity contribution < 1.29 is 9.90 Å². The molecule has 1 amide bonds. The van der Waals surface area contributed by atoms with Gasteiger partial charge < -0.3 is 10.4 Å². The van der Waals surface area contributed by atoms with Gasteiger partial charge in [0.2, 0.25) is 5.82 Å². The third-order valence-electron chi connectivity index (χ3n) is 2.68. The summed E-state index contributed by atoms with van der Waals surface area (Å²) in [5.41, 5.74) is 1.93. The van der Waals surface area contributed by atoms with Crippen molar-refractivity contribution in [1.29, 1.82) is 0 Å². The lowest BCUT2D eigenvalue weighted by atomic mass is 10.1. The predicted octanol–water partition coefficient (Wildman–Crippen LogP) is 1.69. The molecular weight excluding hydrogens is 232 g/mol. The molecule has 1 aromatic carbocycles. The van der Waals surface area contributed by atoms with Crippen LogP contribution in [-0.2, 0) is 0 Å². The lowest BCUT2D eigenvalue weighted by Gasteiger charge is -2.10. The molecule has 0 aliphatic heterocycles. The molecule has 94 valence electrons. The highest BCUT2D eigenvalue weighted by Crippen LogP contribution is 2.28. The third kappa shape index (κ3) is 2.17. The molecule has 18 heavy (non-hydrogen) atoms. The molecule has 0 saturated carbocycles. The van der Waals surface area contributed by atoms with Crippen molar-refractivity contribution in [3.63, 3.8) is 0 Å². The molecule has 0 aliphatic carbocycles. The first-order chi connectivity index (χ1) is 8.49. The summed E-state index contributed by atoms with van der Waals surface area (Å²) in [6, 6.07) is 3.48. The molecule has 0 spiro atoms. The Kier molecular flexibility index (Phi) is 3.01.